The van der Waals surface area contributed by atoms with Crippen molar-refractivity contribution in [3.63, 3.8) is 0 Å². The van der Waals surface area contributed by atoms with Gasteiger partial charge in [-0.05, 0) is 93.1 Å². The normalized spacial score (nSPS) is 14.7. The van der Waals surface area contributed by atoms with Crippen LogP contribution in [0.3, 0.4) is 0 Å². The quantitative estimate of drug-likeness (QED) is 0.162. The van der Waals surface area contributed by atoms with Crippen LogP contribution in [0, 0.1) is 5.92 Å². The molecule has 1 atom stereocenters. The summed E-state index contributed by atoms with van der Waals surface area (Å²) in [6.07, 6.45) is 14.6. The average Bonchev–Trinajstić information content (AvgIpc) is 3.67. The van der Waals surface area contributed by atoms with E-state index in [4.69, 9.17) is 4.42 Å². The minimum absolute atomic E-state index is 0.463. The molecule has 0 saturated heterocycles. The third-order valence-corrected chi connectivity index (χ3v) is 11.8. The molecule has 0 spiro atoms. The number of hydrogen-bond acceptors (Lipinski definition) is 2. The van der Waals surface area contributed by atoms with E-state index in [1.54, 1.807) is 0 Å². The molecular weight excluding hydrogens is 703 g/mol. The Labute approximate surface area is 338 Å². The fourth-order valence-corrected chi connectivity index (χ4v) is 8.86. The molecule has 0 bridgehead atoms. The Morgan fingerprint density at radius 3 is 2.00 bits per heavy atom. The molecule has 0 fully saturated rings. The van der Waals surface area contributed by atoms with E-state index >= 15 is 0 Å². The lowest BCUT2D eigenvalue weighted by molar-refractivity contribution is 0.670. The molecule has 58 heavy (non-hydrogen) atoms. The summed E-state index contributed by atoms with van der Waals surface area (Å²) in [5, 5.41) is 4.62. The maximum Gasteiger partial charge on any atom is 0.143 e. The number of nitrogens with zero attached hydrogens (tertiary/aromatic N) is 1. The Kier molecular flexibility index (Phi) is 8.33. The zero-order valence-electron chi connectivity index (χ0n) is 31.9. The smallest absolute Gasteiger partial charge is 0.143 e. The first kappa shape index (κ1) is 33.9. The molecule has 1 aromatic heterocycles. The zero-order chi connectivity index (χ0) is 38.4. The molecule has 1 heterocycles. The number of furan rings is 1. The summed E-state index contributed by atoms with van der Waals surface area (Å²) in [5.41, 5.74) is 15.7. The van der Waals surface area contributed by atoms with Gasteiger partial charge < -0.3 is 9.32 Å². The van der Waals surface area contributed by atoms with Crippen molar-refractivity contribution in [3.05, 3.63) is 230 Å². The molecule has 0 saturated carbocycles. The van der Waals surface area contributed by atoms with E-state index in [-0.39, 0.29) is 0 Å². The van der Waals surface area contributed by atoms with Gasteiger partial charge in [-0.1, -0.05) is 176 Å². The van der Waals surface area contributed by atoms with E-state index in [1.165, 1.54) is 38.6 Å². The molecule has 2 aliphatic rings. The largest absolute Gasteiger partial charge is 0.455 e. The summed E-state index contributed by atoms with van der Waals surface area (Å²) >= 11 is 0. The summed E-state index contributed by atoms with van der Waals surface area (Å²) in [4.78, 5) is 2.43. The second-order valence-corrected chi connectivity index (χ2v) is 15.2. The minimum atomic E-state index is 0.463. The monoisotopic (exact) mass is 741 g/mol. The third kappa shape index (κ3) is 5.98. The van der Waals surface area contributed by atoms with Crippen LogP contribution in [-0.2, 0) is 0 Å². The molecule has 0 N–H and O–H groups in total. The number of benzene rings is 8. The van der Waals surface area contributed by atoms with Crippen LogP contribution in [0.25, 0.3) is 71.7 Å². The second kappa shape index (κ2) is 14.3. The van der Waals surface area contributed by atoms with Gasteiger partial charge in [-0.2, -0.15) is 0 Å². The average molecular weight is 742 g/mol. The van der Waals surface area contributed by atoms with Crippen molar-refractivity contribution in [1.29, 1.82) is 0 Å². The lowest BCUT2D eigenvalue weighted by Gasteiger charge is -2.30. The van der Waals surface area contributed by atoms with Gasteiger partial charge in [0.05, 0.1) is 11.4 Å². The lowest BCUT2D eigenvalue weighted by atomic mass is 9.84. The molecule has 0 radical (unpaired) electrons. The summed E-state index contributed by atoms with van der Waals surface area (Å²) in [7, 11) is 0. The van der Waals surface area contributed by atoms with Crippen molar-refractivity contribution in [2.75, 3.05) is 4.90 Å². The predicted molar refractivity (Wildman–Crippen MR) is 245 cm³/mol. The number of allylic oxidation sites excluding steroid dienone is 8. The topological polar surface area (TPSA) is 16.4 Å². The Balaban J connectivity index is 1.12. The molecule has 2 aliphatic carbocycles. The van der Waals surface area contributed by atoms with Gasteiger partial charge in [0.1, 0.15) is 11.2 Å². The Hall–Kier alpha value is -7.42. The number of para-hydroxylation sites is 2. The fourth-order valence-electron chi connectivity index (χ4n) is 8.86. The first-order chi connectivity index (χ1) is 28.7. The van der Waals surface area contributed by atoms with Crippen molar-refractivity contribution in [2.24, 2.45) is 5.92 Å². The van der Waals surface area contributed by atoms with Crippen LogP contribution in [0.15, 0.2) is 228 Å². The summed E-state index contributed by atoms with van der Waals surface area (Å²) in [5.74, 6) is 0.463. The van der Waals surface area contributed by atoms with Crippen molar-refractivity contribution in [2.45, 2.75) is 6.42 Å². The highest BCUT2D eigenvalue weighted by Gasteiger charge is 2.24. The van der Waals surface area contributed by atoms with Gasteiger partial charge >= 0.3 is 0 Å². The van der Waals surface area contributed by atoms with Gasteiger partial charge in [-0.15, -0.1) is 0 Å². The molecule has 8 aromatic carbocycles. The minimum Gasteiger partial charge on any atom is -0.455 e. The van der Waals surface area contributed by atoms with E-state index in [0.717, 1.165) is 67.7 Å². The highest BCUT2D eigenvalue weighted by atomic mass is 16.3. The van der Waals surface area contributed by atoms with Crippen molar-refractivity contribution in [1.82, 2.24) is 0 Å². The van der Waals surface area contributed by atoms with Crippen molar-refractivity contribution in [3.8, 4) is 33.4 Å². The molecular formula is C56H39NO. The molecule has 9 aromatic rings. The van der Waals surface area contributed by atoms with Gasteiger partial charge in [0, 0.05) is 39.1 Å². The maximum atomic E-state index is 6.83. The summed E-state index contributed by atoms with van der Waals surface area (Å²) < 4.78 is 6.83. The van der Waals surface area contributed by atoms with Crippen LogP contribution in [0.4, 0.5) is 17.1 Å². The van der Waals surface area contributed by atoms with Crippen molar-refractivity contribution < 1.29 is 4.42 Å². The molecule has 0 aliphatic heterocycles. The number of hydrogen-bond donors (Lipinski definition) is 0. The number of anilines is 3. The van der Waals surface area contributed by atoms with Crippen molar-refractivity contribution >= 4 is 55.3 Å². The first-order valence-electron chi connectivity index (χ1n) is 20.1. The molecule has 11 rings (SSSR count). The first-order valence-corrected chi connectivity index (χ1v) is 20.1. The lowest BCUT2D eigenvalue weighted by Crippen LogP contribution is -2.13. The standard InChI is InChI=1S/C56H39NO/c1-3-14-38(15-4-1)46-30-33-54(51(35-46)41-17-5-2-6-18-41)57(47-31-28-40(29-32-47)45-27-26-39-16-7-8-19-42(39)34-45)53-25-12-11-22-48(53)49-23-13-24-50-52-36-43-20-9-10-21-44(43)37-55(52)58-56(49)50/h1-25,27-37,39H,26H2. The maximum absolute atomic E-state index is 6.83. The van der Waals surface area contributed by atoms with Crippen LogP contribution < -0.4 is 4.90 Å². The summed E-state index contributed by atoms with van der Waals surface area (Å²) in [6.45, 7) is 0. The highest BCUT2D eigenvalue weighted by Crippen LogP contribution is 2.48. The summed E-state index contributed by atoms with van der Waals surface area (Å²) in [6, 6.07) is 65.7. The van der Waals surface area contributed by atoms with E-state index in [9.17, 15) is 0 Å². The van der Waals surface area contributed by atoms with Gasteiger partial charge in [-0.25, -0.2) is 0 Å². The van der Waals surface area contributed by atoms with Gasteiger partial charge in [0.2, 0.25) is 0 Å². The third-order valence-electron chi connectivity index (χ3n) is 11.8. The Morgan fingerprint density at radius 1 is 0.483 bits per heavy atom. The zero-order valence-corrected chi connectivity index (χ0v) is 31.9. The van der Waals surface area contributed by atoms with E-state index in [0.29, 0.717) is 5.92 Å². The molecule has 274 valence electrons. The Bertz CT molecular complexity index is 3130. The predicted octanol–water partition coefficient (Wildman–Crippen LogP) is 15.7. The van der Waals surface area contributed by atoms with E-state index in [2.05, 4.69) is 223 Å². The van der Waals surface area contributed by atoms with Gasteiger partial charge in [0.15, 0.2) is 0 Å². The van der Waals surface area contributed by atoms with Crippen LogP contribution >= 0.6 is 0 Å². The van der Waals surface area contributed by atoms with Crippen LogP contribution in [0.2, 0.25) is 0 Å². The Morgan fingerprint density at radius 2 is 1.17 bits per heavy atom. The van der Waals surface area contributed by atoms with Gasteiger partial charge in [-0.3, -0.25) is 0 Å². The SMILES string of the molecule is C1=CC2=CC(c3ccc(N(c4ccc(-c5ccccc5)cc4-c4ccccc4)c4ccccc4-c4cccc5c4oc4cc6ccccc6cc45)cc3)=CCC2C=C1. The number of fused-ring (bicyclic) bond motifs is 5. The van der Waals surface area contributed by atoms with Crippen LogP contribution in [0.5, 0.6) is 0 Å². The fraction of sp³-hybridized carbons (Fsp3) is 0.0357. The molecule has 0 amide bonds. The van der Waals surface area contributed by atoms with E-state index < -0.39 is 0 Å². The second-order valence-electron chi connectivity index (χ2n) is 15.2. The highest BCUT2D eigenvalue weighted by molar-refractivity contribution is 6.14. The molecule has 1 unspecified atom stereocenters. The molecule has 2 heteroatoms. The number of rotatable bonds is 7. The van der Waals surface area contributed by atoms with Gasteiger partial charge in [0.25, 0.3) is 0 Å². The van der Waals surface area contributed by atoms with E-state index in [1.807, 2.05) is 0 Å². The van der Waals surface area contributed by atoms with Crippen LogP contribution in [-0.4, -0.2) is 0 Å². The van der Waals surface area contributed by atoms with Crippen LogP contribution in [0.1, 0.15) is 12.0 Å². The molecule has 2 nitrogen and oxygen atoms in total.